The SMILES string of the molecule is O=C(CCCCCCN1OS/C(=C\c2cccc(Cl)c2)O1)NO. The molecule has 0 spiro atoms. The van der Waals surface area contributed by atoms with Gasteiger partial charge in [-0.25, -0.2) is 5.48 Å². The van der Waals surface area contributed by atoms with Gasteiger partial charge in [0.05, 0.1) is 18.6 Å². The van der Waals surface area contributed by atoms with Crippen molar-refractivity contribution in [2.24, 2.45) is 0 Å². The summed E-state index contributed by atoms with van der Waals surface area (Å²) in [5, 5.41) is 11.2. The normalized spacial score (nSPS) is 16.5. The van der Waals surface area contributed by atoms with Gasteiger partial charge in [0.25, 0.3) is 0 Å². The van der Waals surface area contributed by atoms with Crippen LogP contribution in [0.3, 0.4) is 0 Å². The molecule has 0 atom stereocenters. The Kier molecular flexibility index (Phi) is 7.70. The van der Waals surface area contributed by atoms with E-state index in [0.717, 1.165) is 31.2 Å². The standard InChI is InChI=1S/C15H19ClN2O4S/c16-13-7-5-6-12(10-13)11-15-21-18(22-23-15)9-4-2-1-3-8-14(19)17-20/h5-7,10-11,20H,1-4,8-9H2,(H,17,19)/b15-11-. The van der Waals surface area contributed by atoms with E-state index < -0.39 is 0 Å². The number of nitrogens with zero attached hydrogens (tertiary/aromatic N) is 1. The van der Waals surface area contributed by atoms with E-state index in [1.54, 1.807) is 5.48 Å². The second-order valence-electron chi connectivity index (χ2n) is 5.02. The topological polar surface area (TPSA) is 71.0 Å². The fraction of sp³-hybridized carbons (Fsp3) is 0.400. The van der Waals surface area contributed by atoms with E-state index in [1.807, 2.05) is 30.3 Å². The Labute approximate surface area is 144 Å². The minimum Gasteiger partial charge on any atom is -0.370 e. The first-order chi connectivity index (χ1) is 11.2. The monoisotopic (exact) mass is 358 g/mol. The number of nitrogens with one attached hydrogen (secondary N) is 1. The van der Waals surface area contributed by atoms with E-state index in [-0.39, 0.29) is 5.91 Å². The van der Waals surface area contributed by atoms with Gasteiger partial charge in [-0.2, -0.15) is 4.28 Å². The van der Waals surface area contributed by atoms with Crippen molar-refractivity contribution in [3.63, 3.8) is 0 Å². The number of amides is 1. The van der Waals surface area contributed by atoms with Crippen LogP contribution in [-0.4, -0.2) is 22.9 Å². The molecule has 1 amide bonds. The summed E-state index contributed by atoms with van der Waals surface area (Å²) in [4.78, 5) is 16.4. The number of halogens is 1. The molecule has 0 radical (unpaired) electrons. The van der Waals surface area contributed by atoms with Gasteiger partial charge in [-0.15, -0.1) is 0 Å². The molecule has 8 heteroatoms. The lowest BCUT2D eigenvalue weighted by Gasteiger charge is -2.10. The third-order valence-corrected chi connectivity index (χ3v) is 3.98. The molecule has 0 bridgehead atoms. The van der Waals surface area contributed by atoms with Gasteiger partial charge < -0.3 is 4.84 Å². The Balaban J connectivity index is 1.63. The predicted molar refractivity (Wildman–Crippen MR) is 88.9 cm³/mol. The van der Waals surface area contributed by atoms with Crippen molar-refractivity contribution in [2.45, 2.75) is 32.1 Å². The highest BCUT2D eigenvalue weighted by Gasteiger charge is 2.20. The van der Waals surface area contributed by atoms with Crippen molar-refractivity contribution in [1.82, 2.24) is 10.7 Å². The molecule has 0 aromatic heterocycles. The highest BCUT2D eigenvalue weighted by Crippen LogP contribution is 2.31. The molecule has 0 aliphatic carbocycles. The molecular weight excluding hydrogens is 340 g/mol. The maximum Gasteiger partial charge on any atom is 0.243 e. The third-order valence-electron chi connectivity index (χ3n) is 3.15. The van der Waals surface area contributed by atoms with Crippen molar-refractivity contribution in [2.75, 3.05) is 6.54 Å². The minimum atomic E-state index is -0.344. The van der Waals surface area contributed by atoms with Gasteiger partial charge in [0.2, 0.25) is 11.0 Å². The average Bonchev–Trinajstić information content (AvgIpc) is 2.97. The van der Waals surface area contributed by atoms with Crippen molar-refractivity contribution >= 4 is 35.6 Å². The summed E-state index contributed by atoms with van der Waals surface area (Å²) < 4.78 is 5.36. The Morgan fingerprint density at radius 2 is 2.17 bits per heavy atom. The van der Waals surface area contributed by atoms with Crippen LogP contribution in [0.1, 0.15) is 37.7 Å². The molecule has 2 rings (SSSR count). The van der Waals surface area contributed by atoms with E-state index in [0.29, 0.717) is 23.1 Å². The zero-order valence-corrected chi connectivity index (χ0v) is 14.1. The van der Waals surface area contributed by atoms with E-state index in [1.165, 1.54) is 17.3 Å². The van der Waals surface area contributed by atoms with E-state index in [2.05, 4.69) is 0 Å². The van der Waals surface area contributed by atoms with Gasteiger partial charge in [0.15, 0.2) is 0 Å². The zero-order valence-electron chi connectivity index (χ0n) is 12.5. The van der Waals surface area contributed by atoms with Crippen LogP contribution < -0.4 is 5.48 Å². The molecule has 0 saturated carbocycles. The maximum atomic E-state index is 10.8. The van der Waals surface area contributed by atoms with Crippen LogP contribution in [-0.2, 0) is 13.9 Å². The lowest BCUT2D eigenvalue weighted by molar-refractivity contribution is -0.259. The van der Waals surface area contributed by atoms with Gasteiger partial charge in [0.1, 0.15) is 0 Å². The number of hydrogen-bond acceptors (Lipinski definition) is 6. The summed E-state index contributed by atoms with van der Waals surface area (Å²) >= 11 is 7.11. The maximum absolute atomic E-state index is 10.8. The fourth-order valence-electron chi connectivity index (χ4n) is 2.01. The Morgan fingerprint density at radius 3 is 2.96 bits per heavy atom. The van der Waals surface area contributed by atoms with Crippen molar-refractivity contribution in [1.29, 1.82) is 0 Å². The van der Waals surface area contributed by atoms with Gasteiger partial charge in [-0.05, 0) is 41.8 Å². The Bertz CT molecular complexity index is 556. The summed E-state index contributed by atoms with van der Waals surface area (Å²) in [5.74, 6) is -0.344. The van der Waals surface area contributed by atoms with Gasteiger partial charge in [-0.3, -0.25) is 10.0 Å². The molecule has 126 valence electrons. The summed E-state index contributed by atoms with van der Waals surface area (Å²) in [6.07, 6.45) is 5.73. The van der Waals surface area contributed by atoms with Crippen LogP contribution in [0.5, 0.6) is 0 Å². The lowest BCUT2D eigenvalue weighted by Crippen LogP contribution is -2.18. The molecule has 6 nitrogen and oxygen atoms in total. The van der Waals surface area contributed by atoms with Crippen LogP contribution in [0, 0.1) is 0 Å². The molecule has 0 unspecified atom stereocenters. The molecule has 1 heterocycles. The molecule has 1 aromatic rings. The number of hydrogen-bond donors (Lipinski definition) is 2. The average molecular weight is 359 g/mol. The van der Waals surface area contributed by atoms with E-state index >= 15 is 0 Å². The van der Waals surface area contributed by atoms with Gasteiger partial charge >= 0.3 is 0 Å². The smallest absolute Gasteiger partial charge is 0.243 e. The van der Waals surface area contributed by atoms with E-state index in [9.17, 15) is 4.79 Å². The van der Waals surface area contributed by atoms with Crippen molar-refractivity contribution in [3.8, 4) is 0 Å². The summed E-state index contributed by atoms with van der Waals surface area (Å²) in [7, 11) is 0. The molecular formula is C15H19ClN2O4S. The molecule has 2 N–H and O–H groups in total. The highest BCUT2D eigenvalue weighted by molar-refractivity contribution is 7.98. The van der Waals surface area contributed by atoms with Crippen LogP contribution in [0.4, 0.5) is 0 Å². The first-order valence-corrected chi connectivity index (χ1v) is 8.49. The van der Waals surface area contributed by atoms with E-state index in [4.69, 9.17) is 25.9 Å². The lowest BCUT2D eigenvalue weighted by atomic mass is 10.1. The summed E-state index contributed by atoms with van der Waals surface area (Å²) in [5.41, 5.74) is 2.58. The third kappa shape index (κ3) is 6.80. The predicted octanol–water partition coefficient (Wildman–Crippen LogP) is 3.92. The first kappa shape index (κ1) is 18.1. The second-order valence-corrected chi connectivity index (χ2v) is 6.18. The summed E-state index contributed by atoms with van der Waals surface area (Å²) in [6, 6.07) is 7.49. The van der Waals surface area contributed by atoms with Crippen LogP contribution in [0.2, 0.25) is 5.02 Å². The number of carbonyl (C=O) groups excluding carboxylic acids is 1. The highest BCUT2D eigenvalue weighted by atomic mass is 35.5. The number of carbonyl (C=O) groups is 1. The molecule has 1 aliphatic heterocycles. The molecule has 1 aromatic carbocycles. The first-order valence-electron chi connectivity index (χ1n) is 7.38. The number of benzene rings is 1. The fourth-order valence-corrected chi connectivity index (χ4v) is 2.77. The molecule has 1 fully saturated rings. The van der Waals surface area contributed by atoms with Crippen molar-refractivity contribution < 1.29 is 19.1 Å². The number of hydroxylamine groups is 3. The second kappa shape index (κ2) is 9.79. The van der Waals surface area contributed by atoms with Gasteiger partial charge in [-0.1, -0.05) is 36.6 Å². The summed E-state index contributed by atoms with van der Waals surface area (Å²) in [6.45, 7) is 0.645. The zero-order chi connectivity index (χ0) is 16.5. The number of unbranched alkanes of at least 4 members (excludes halogenated alkanes) is 3. The Hall–Kier alpha value is -1.25. The Morgan fingerprint density at radius 1 is 1.35 bits per heavy atom. The van der Waals surface area contributed by atoms with Crippen LogP contribution in [0.15, 0.2) is 29.4 Å². The van der Waals surface area contributed by atoms with Crippen LogP contribution >= 0.6 is 23.6 Å². The molecule has 23 heavy (non-hydrogen) atoms. The molecule has 1 saturated heterocycles. The van der Waals surface area contributed by atoms with Crippen LogP contribution in [0.25, 0.3) is 6.08 Å². The van der Waals surface area contributed by atoms with Crippen molar-refractivity contribution in [3.05, 3.63) is 39.9 Å². The largest absolute Gasteiger partial charge is 0.370 e. The van der Waals surface area contributed by atoms with Gasteiger partial charge in [0, 0.05) is 11.4 Å². The minimum absolute atomic E-state index is 0.343. The molecule has 1 aliphatic rings. The number of rotatable bonds is 8. The quantitative estimate of drug-likeness (QED) is 0.317.